The fourth-order valence-corrected chi connectivity index (χ4v) is 1.61. The Morgan fingerprint density at radius 1 is 1.46 bits per heavy atom. The highest BCUT2D eigenvalue weighted by atomic mass is 32.2. The number of hydrogen-bond donors (Lipinski definition) is 1. The van der Waals surface area contributed by atoms with Crippen LogP contribution in [0.1, 0.15) is 20.8 Å². The number of nitrogens with one attached hydrogen (secondary N) is 1. The molecule has 0 aliphatic rings. The third kappa shape index (κ3) is 5.03. The number of urea groups is 1. The Kier molecular flexibility index (Phi) is 5.95. The van der Waals surface area contributed by atoms with Gasteiger partial charge in [0, 0.05) is 24.9 Å². The fraction of sp³-hybridized carbons (Fsp3) is 0.889. The molecule has 78 valence electrons. The molecule has 0 rings (SSSR count). The van der Waals surface area contributed by atoms with Crippen LogP contribution in [0.15, 0.2) is 0 Å². The summed E-state index contributed by atoms with van der Waals surface area (Å²) >= 11 is 1.75. The maximum Gasteiger partial charge on any atom is 0.317 e. The SMILES string of the molecule is CSCC(C)N(C)C(=O)NC(C)C. The van der Waals surface area contributed by atoms with E-state index in [1.165, 1.54) is 0 Å². The summed E-state index contributed by atoms with van der Waals surface area (Å²) in [5, 5.41) is 2.86. The number of carbonyl (C=O) groups is 1. The Balaban J connectivity index is 3.93. The van der Waals surface area contributed by atoms with E-state index in [1.54, 1.807) is 16.7 Å². The second-order valence-corrected chi connectivity index (χ2v) is 4.43. The molecule has 0 aliphatic carbocycles. The second-order valence-electron chi connectivity index (χ2n) is 3.52. The molecule has 1 N–H and O–H groups in total. The second kappa shape index (κ2) is 6.13. The van der Waals surface area contributed by atoms with E-state index in [0.717, 1.165) is 5.75 Å². The zero-order valence-electron chi connectivity index (χ0n) is 9.13. The summed E-state index contributed by atoms with van der Waals surface area (Å²) in [7, 11) is 1.83. The van der Waals surface area contributed by atoms with Gasteiger partial charge in [-0.05, 0) is 27.0 Å². The molecule has 0 heterocycles. The smallest absolute Gasteiger partial charge is 0.317 e. The van der Waals surface area contributed by atoms with Crippen LogP contribution in [0.3, 0.4) is 0 Å². The molecular weight excluding hydrogens is 184 g/mol. The molecular formula is C9H20N2OS. The zero-order chi connectivity index (χ0) is 10.4. The molecule has 0 aromatic rings. The molecule has 13 heavy (non-hydrogen) atoms. The molecule has 0 aromatic carbocycles. The maximum absolute atomic E-state index is 11.5. The van der Waals surface area contributed by atoms with E-state index >= 15 is 0 Å². The molecule has 2 amide bonds. The van der Waals surface area contributed by atoms with Crippen molar-refractivity contribution < 1.29 is 4.79 Å². The van der Waals surface area contributed by atoms with Crippen LogP contribution in [0.25, 0.3) is 0 Å². The Morgan fingerprint density at radius 3 is 2.38 bits per heavy atom. The molecule has 1 unspecified atom stereocenters. The lowest BCUT2D eigenvalue weighted by Crippen LogP contribution is -2.45. The summed E-state index contributed by atoms with van der Waals surface area (Å²) in [6.07, 6.45) is 2.05. The van der Waals surface area contributed by atoms with Gasteiger partial charge in [-0.15, -0.1) is 0 Å². The number of thioether (sulfide) groups is 1. The average Bonchev–Trinajstić information content (AvgIpc) is 2.02. The highest BCUT2D eigenvalue weighted by Gasteiger charge is 2.14. The molecule has 0 spiro atoms. The number of hydrogen-bond acceptors (Lipinski definition) is 2. The minimum absolute atomic E-state index is 0.0107. The Hall–Kier alpha value is -0.380. The van der Waals surface area contributed by atoms with E-state index in [2.05, 4.69) is 12.2 Å². The summed E-state index contributed by atoms with van der Waals surface area (Å²) in [6, 6.07) is 0.502. The van der Waals surface area contributed by atoms with Gasteiger partial charge < -0.3 is 10.2 Å². The number of amides is 2. The fourth-order valence-electron chi connectivity index (χ4n) is 0.902. The molecule has 0 aliphatic heterocycles. The van der Waals surface area contributed by atoms with Crippen LogP contribution in [0.2, 0.25) is 0 Å². The zero-order valence-corrected chi connectivity index (χ0v) is 9.94. The Labute approximate surface area is 85.3 Å². The van der Waals surface area contributed by atoms with E-state index in [1.807, 2.05) is 27.2 Å². The van der Waals surface area contributed by atoms with Crippen molar-refractivity contribution in [3.8, 4) is 0 Å². The maximum atomic E-state index is 11.5. The summed E-state index contributed by atoms with van der Waals surface area (Å²) in [4.78, 5) is 13.2. The predicted molar refractivity (Wildman–Crippen MR) is 59.3 cm³/mol. The summed E-state index contributed by atoms with van der Waals surface area (Å²) in [5.74, 6) is 0.974. The van der Waals surface area contributed by atoms with Crippen LogP contribution >= 0.6 is 11.8 Å². The first-order chi connectivity index (χ1) is 5.99. The molecule has 3 nitrogen and oxygen atoms in total. The number of nitrogens with zero attached hydrogens (tertiary/aromatic N) is 1. The van der Waals surface area contributed by atoms with E-state index in [4.69, 9.17) is 0 Å². The molecule has 4 heteroatoms. The van der Waals surface area contributed by atoms with Crippen LogP contribution in [-0.2, 0) is 0 Å². The van der Waals surface area contributed by atoms with Crippen molar-refractivity contribution in [1.82, 2.24) is 10.2 Å². The lowest BCUT2D eigenvalue weighted by molar-refractivity contribution is 0.196. The van der Waals surface area contributed by atoms with Crippen LogP contribution in [0.4, 0.5) is 4.79 Å². The van der Waals surface area contributed by atoms with Gasteiger partial charge in [0.15, 0.2) is 0 Å². The van der Waals surface area contributed by atoms with Crippen molar-refractivity contribution in [2.45, 2.75) is 32.9 Å². The third-order valence-electron chi connectivity index (χ3n) is 1.80. The van der Waals surface area contributed by atoms with Crippen molar-refractivity contribution in [3.63, 3.8) is 0 Å². The molecule has 0 aromatic heterocycles. The first-order valence-electron chi connectivity index (χ1n) is 4.51. The molecule has 0 saturated carbocycles. The summed E-state index contributed by atoms with van der Waals surface area (Å²) in [6.45, 7) is 5.98. The predicted octanol–water partition coefficient (Wildman–Crippen LogP) is 1.79. The van der Waals surface area contributed by atoms with E-state index < -0.39 is 0 Å². The van der Waals surface area contributed by atoms with Crippen molar-refractivity contribution >= 4 is 17.8 Å². The van der Waals surface area contributed by atoms with Gasteiger partial charge in [-0.1, -0.05) is 0 Å². The van der Waals surface area contributed by atoms with Gasteiger partial charge >= 0.3 is 6.03 Å². The average molecular weight is 204 g/mol. The van der Waals surface area contributed by atoms with Gasteiger partial charge in [0.1, 0.15) is 0 Å². The van der Waals surface area contributed by atoms with Gasteiger partial charge in [-0.3, -0.25) is 0 Å². The number of rotatable bonds is 4. The van der Waals surface area contributed by atoms with Crippen molar-refractivity contribution in [2.75, 3.05) is 19.1 Å². The van der Waals surface area contributed by atoms with Crippen LogP contribution in [-0.4, -0.2) is 42.1 Å². The van der Waals surface area contributed by atoms with E-state index in [9.17, 15) is 4.79 Å². The minimum Gasteiger partial charge on any atom is -0.336 e. The van der Waals surface area contributed by atoms with E-state index in [-0.39, 0.29) is 18.1 Å². The topological polar surface area (TPSA) is 32.3 Å². The van der Waals surface area contributed by atoms with Crippen LogP contribution in [0, 0.1) is 0 Å². The Morgan fingerprint density at radius 2 is 2.00 bits per heavy atom. The third-order valence-corrected chi connectivity index (χ3v) is 2.62. The van der Waals surface area contributed by atoms with Crippen LogP contribution in [0.5, 0.6) is 0 Å². The van der Waals surface area contributed by atoms with Crippen molar-refractivity contribution in [1.29, 1.82) is 0 Å². The van der Waals surface area contributed by atoms with Gasteiger partial charge in [-0.2, -0.15) is 11.8 Å². The summed E-state index contributed by atoms with van der Waals surface area (Å²) < 4.78 is 0. The molecule has 0 saturated heterocycles. The Bertz CT molecular complexity index is 162. The van der Waals surface area contributed by atoms with Crippen molar-refractivity contribution in [3.05, 3.63) is 0 Å². The summed E-state index contributed by atoms with van der Waals surface area (Å²) in [5.41, 5.74) is 0. The van der Waals surface area contributed by atoms with Gasteiger partial charge in [0.05, 0.1) is 0 Å². The minimum atomic E-state index is 0.0107. The lowest BCUT2D eigenvalue weighted by Gasteiger charge is -2.25. The standard InChI is InChI=1S/C9H20N2OS/c1-7(2)10-9(12)11(4)8(3)6-13-5/h7-8H,6H2,1-5H3,(H,10,12). The normalized spacial score (nSPS) is 12.8. The molecule has 0 fully saturated rings. The monoisotopic (exact) mass is 204 g/mol. The lowest BCUT2D eigenvalue weighted by atomic mass is 10.3. The van der Waals surface area contributed by atoms with Gasteiger partial charge in [-0.25, -0.2) is 4.79 Å². The van der Waals surface area contributed by atoms with E-state index in [0.29, 0.717) is 0 Å². The molecule has 0 radical (unpaired) electrons. The first-order valence-corrected chi connectivity index (χ1v) is 5.90. The van der Waals surface area contributed by atoms with Crippen molar-refractivity contribution in [2.24, 2.45) is 0 Å². The molecule has 0 bridgehead atoms. The first kappa shape index (κ1) is 12.6. The number of carbonyl (C=O) groups excluding carboxylic acids is 1. The highest BCUT2D eigenvalue weighted by molar-refractivity contribution is 7.98. The van der Waals surface area contributed by atoms with Gasteiger partial charge in [0.25, 0.3) is 0 Å². The van der Waals surface area contributed by atoms with Crippen LogP contribution < -0.4 is 5.32 Å². The highest BCUT2D eigenvalue weighted by Crippen LogP contribution is 2.03. The molecule has 1 atom stereocenters. The quantitative estimate of drug-likeness (QED) is 0.757. The van der Waals surface area contributed by atoms with Gasteiger partial charge in [0.2, 0.25) is 0 Å². The largest absolute Gasteiger partial charge is 0.336 e.